The number of nitrogens with two attached hydrogens (primary N) is 1. The van der Waals surface area contributed by atoms with Gasteiger partial charge in [0, 0.05) is 21.2 Å². The summed E-state index contributed by atoms with van der Waals surface area (Å²) in [5.41, 5.74) is 6.87. The van der Waals surface area contributed by atoms with Crippen molar-refractivity contribution in [2.45, 2.75) is 6.23 Å². The summed E-state index contributed by atoms with van der Waals surface area (Å²) < 4.78 is 0. The van der Waals surface area contributed by atoms with E-state index in [1.807, 2.05) is 0 Å². The monoisotopic (exact) mass is 322 g/mol. The zero-order valence-electron chi connectivity index (χ0n) is 10.8. The number of carbonyl (C=O) groups is 1. The molecule has 1 unspecified atom stereocenters. The van der Waals surface area contributed by atoms with Crippen LogP contribution in [0.3, 0.4) is 0 Å². The van der Waals surface area contributed by atoms with Gasteiger partial charge in [0.1, 0.15) is 0 Å². The van der Waals surface area contributed by atoms with E-state index >= 15 is 0 Å². The second-order valence-corrected chi connectivity index (χ2v) is 5.14. The Hall–Kier alpha value is -1.88. The van der Waals surface area contributed by atoms with E-state index < -0.39 is 12.1 Å². The number of carbonyl (C=O) groups excluding carboxylic acids is 1. The van der Waals surface area contributed by atoms with Gasteiger partial charge in [0.05, 0.1) is 5.71 Å². The van der Waals surface area contributed by atoms with Gasteiger partial charge in [0.15, 0.2) is 0 Å². The van der Waals surface area contributed by atoms with Crippen LogP contribution in [0.4, 0.5) is 0 Å². The first kappa shape index (κ1) is 15.5. The molecule has 1 amide bonds. The minimum Gasteiger partial charge on any atom is -0.366 e. The number of benzene rings is 2. The van der Waals surface area contributed by atoms with E-state index in [2.05, 4.69) is 4.99 Å². The molecule has 0 aliphatic heterocycles. The number of hydrogen-bond donors (Lipinski definition) is 2. The Morgan fingerprint density at radius 3 is 1.67 bits per heavy atom. The van der Waals surface area contributed by atoms with Gasteiger partial charge in [0.2, 0.25) is 6.23 Å². The molecule has 0 fully saturated rings. The van der Waals surface area contributed by atoms with Gasteiger partial charge < -0.3 is 10.8 Å². The maximum Gasteiger partial charge on any atom is 0.269 e. The summed E-state index contributed by atoms with van der Waals surface area (Å²) >= 11 is 11.7. The summed E-state index contributed by atoms with van der Waals surface area (Å²) in [4.78, 5) is 15.0. The molecule has 2 aromatic rings. The van der Waals surface area contributed by atoms with Gasteiger partial charge in [-0.05, 0) is 24.3 Å². The summed E-state index contributed by atoms with van der Waals surface area (Å²) in [7, 11) is 0. The molecule has 0 saturated carbocycles. The van der Waals surface area contributed by atoms with Crippen molar-refractivity contribution in [1.29, 1.82) is 0 Å². The normalized spacial score (nSPS) is 11.8. The van der Waals surface area contributed by atoms with Gasteiger partial charge in [-0.25, -0.2) is 4.99 Å². The third kappa shape index (κ3) is 4.04. The summed E-state index contributed by atoms with van der Waals surface area (Å²) in [5, 5.41) is 10.8. The summed E-state index contributed by atoms with van der Waals surface area (Å²) in [6, 6.07) is 13.7. The van der Waals surface area contributed by atoms with Crippen LogP contribution in [0.1, 0.15) is 11.1 Å². The molecule has 3 N–H and O–H groups in total. The van der Waals surface area contributed by atoms with Crippen LogP contribution in [0, 0.1) is 0 Å². The predicted octanol–water partition coefficient (Wildman–Crippen LogP) is 2.63. The lowest BCUT2D eigenvalue weighted by atomic mass is 10.0. The van der Waals surface area contributed by atoms with Gasteiger partial charge in [-0.1, -0.05) is 47.5 Å². The van der Waals surface area contributed by atoms with Gasteiger partial charge in [-0.3, -0.25) is 4.79 Å². The van der Waals surface area contributed by atoms with Gasteiger partial charge in [-0.15, -0.1) is 0 Å². The molecule has 2 rings (SSSR count). The lowest BCUT2D eigenvalue weighted by Gasteiger charge is -2.10. The number of amides is 1. The van der Waals surface area contributed by atoms with Gasteiger partial charge in [-0.2, -0.15) is 0 Å². The fourth-order valence-electron chi connectivity index (χ4n) is 1.72. The summed E-state index contributed by atoms with van der Waals surface area (Å²) in [5.74, 6) is -0.921. The Bertz CT molecular complexity index is 620. The third-order valence-electron chi connectivity index (χ3n) is 2.74. The number of aliphatic imine (C=N–C) groups is 1. The molecule has 0 spiro atoms. The van der Waals surface area contributed by atoms with Crippen molar-refractivity contribution in [3.8, 4) is 0 Å². The standard InChI is InChI=1S/C15H12Cl2N2O2/c16-11-5-1-9(2-6-11)13(19-15(21)14(18)20)10-3-7-12(17)8-4-10/h1-8,15,21H,(H2,18,20). The van der Waals surface area contributed by atoms with Crippen LogP contribution in [0.5, 0.6) is 0 Å². The van der Waals surface area contributed by atoms with Gasteiger partial charge in [0.25, 0.3) is 5.91 Å². The number of primary amides is 1. The van der Waals surface area contributed by atoms with Crippen LogP contribution < -0.4 is 5.73 Å². The zero-order chi connectivity index (χ0) is 15.4. The summed E-state index contributed by atoms with van der Waals surface area (Å²) in [6.45, 7) is 0. The topological polar surface area (TPSA) is 75.7 Å². The molecular formula is C15H12Cl2N2O2. The van der Waals surface area contributed by atoms with Crippen LogP contribution in [-0.2, 0) is 4.79 Å². The van der Waals surface area contributed by atoms with Crippen molar-refractivity contribution in [2.75, 3.05) is 0 Å². The Balaban J connectivity index is 2.51. The van der Waals surface area contributed by atoms with Crippen LogP contribution in [0.2, 0.25) is 10.0 Å². The van der Waals surface area contributed by atoms with E-state index in [1.54, 1.807) is 48.5 Å². The highest BCUT2D eigenvalue weighted by atomic mass is 35.5. The van der Waals surface area contributed by atoms with Crippen LogP contribution in [0.25, 0.3) is 0 Å². The molecule has 1 atom stereocenters. The molecule has 108 valence electrons. The average molecular weight is 323 g/mol. The Morgan fingerprint density at radius 2 is 1.33 bits per heavy atom. The van der Waals surface area contributed by atoms with E-state index in [9.17, 15) is 9.90 Å². The highest BCUT2D eigenvalue weighted by Crippen LogP contribution is 2.17. The van der Waals surface area contributed by atoms with E-state index in [1.165, 1.54) is 0 Å². The lowest BCUT2D eigenvalue weighted by molar-refractivity contribution is -0.125. The smallest absolute Gasteiger partial charge is 0.269 e. The number of hydrogen-bond acceptors (Lipinski definition) is 3. The molecule has 21 heavy (non-hydrogen) atoms. The van der Waals surface area contributed by atoms with E-state index in [4.69, 9.17) is 28.9 Å². The zero-order valence-corrected chi connectivity index (χ0v) is 12.3. The molecular weight excluding hydrogens is 311 g/mol. The molecule has 0 aromatic heterocycles. The van der Waals surface area contributed by atoms with E-state index in [0.29, 0.717) is 26.9 Å². The van der Waals surface area contributed by atoms with Crippen molar-refractivity contribution in [2.24, 2.45) is 10.7 Å². The van der Waals surface area contributed by atoms with Crippen molar-refractivity contribution >= 4 is 34.8 Å². The lowest BCUT2D eigenvalue weighted by Crippen LogP contribution is -2.27. The minimum absolute atomic E-state index is 0.426. The summed E-state index contributed by atoms with van der Waals surface area (Å²) in [6.07, 6.45) is -1.62. The van der Waals surface area contributed by atoms with Crippen LogP contribution in [-0.4, -0.2) is 23.0 Å². The number of aliphatic hydroxyl groups is 1. The molecule has 0 aliphatic rings. The van der Waals surface area contributed by atoms with Gasteiger partial charge >= 0.3 is 0 Å². The fraction of sp³-hybridized carbons (Fsp3) is 0.0667. The predicted molar refractivity (Wildman–Crippen MR) is 83.7 cm³/mol. The Labute approximate surface area is 131 Å². The first-order valence-electron chi connectivity index (χ1n) is 6.04. The van der Waals surface area contributed by atoms with Crippen molar-refractivity contribution in [3.63, 3.8) is 0 Å². The highest BCUT2D eigenvalue weighted by Gasteiger charge is 2.13. The van der Waals surface area contributed by atoms with Crippen LogP contribution >= 0.6 is 23.2 Å². The number of halogens is 2. The number of nitrogens with zero attached hydrogens (tertiary/aromatic N) is 1. The Kier molecular flexibility index (Phi) is 4.96. The first-order chi connectivity index (χ1) is 9.97. The number of rotatable bonds is 4. The molecule has 0 aliphatic carbocycles. The first-order valence-corrected chi connectivity index (χ1v) is 6.80. The maximum absolute atomic E-state index is 11.0. The molecule has 2 aromatic carbocycles. The largest absolute Gasteiger partial charge is 0.366 e. The van der Waals surface area contributed by atoms with Crippen LogP contribution in [0.15, 0.2) is 53.5 Å². The van der Waals surface area contributed by atoms with Crippen molar-refractivity contribution < 1.29 is 9.90 Å². The highest BCUT2D eigenvalue weighted by molar-refractivity contribution is 6.31. The fourth-order valence-corrected chi connectivity index (χ4v) is 1.97. The van der Waals surface area contributed by atoms with E-state index in [0.717, 1.165) is 0 Å². The second kappa shape index (κ2) is 6.72. The molecule has 0 radical (unpaired) electrons. The second-order valence-electron chi connectivity index (χ2n) is 4.27. The Morgan fingerprint density at radius 1 is 0.952 bits per heavy atom. The SMILES string of the molecule is NC(=O)C(O)N=C(c1ccc(Cl)cc1)c1ccc(Cl)cc1. The van der Waals surface area contributed by atoms with Crippen molar-refractivity contribution in [1.82, 2.24) is 0 Å². The average Bonchev–Trinajstić information content (AvgIpc) is 2.46. The van der Waals surface area contributed by atoms with Crippen molar-refractivity contribution in [3.05, 3.63) is 69.7 Å². The van der Waals surface area contributed by atoms with E-state index in [-0.39, 0.29) is 0 Å². The molecule has 4 nitrogen and oxygen atoms in total. The minimum atomic E-state index is -1.62. The quantitative estimate of drug-likeness (QED) is 0.849. The third-order valence-corrected chi connectivity index (χ3v) is 3.25. The molecule has 0 bridgehead atoms. The maximum atomic E-state index is 11.0. The molecule has 6 heteroatoms. The number of aliphatic hydroxyl groups excluding tert-OH is 1. The molecule has 0 saturated heterocycles. The molecule has 0 heterocycles.